The minimum atomic E-state index is -0.973. The molecule has 0 radical (unpaired) electrons. The van der Waals surface area contributed by atoms with Crippen molar-refractivity contribution in [1.29, 1.82) is 0 Å². The Balaban J connectivity index is 1.11. The molecule has 1 aliphatic heterocycles. The zero-order valence-electron chi connectivity index (χ0n) is 21.6. The van der Waals surface area contributed by atoms with Crippen molar-refractivity contribution in [2.45, 2.75) is 12.8 Å². The molecule has 3 aromatic carbocycles. The van der Waals surface area contributed by atoms with Crippen LogP contribution in [0.5, 0.6) is 17.2 Å². The van der Waals surface area contributed by atoms with Gasteiger partial charge in [-0.3, -0.25) is 4.79 Å². The number of aromatic nitrogens is 1. The van der Waals surface area contributed by atoms with Crippen LogP contribution in [0.2, 0.25) is 0 Å². The maximum absolute atomic E-state index is 13.1. The molecule has 2 heterocycles. The summed E-state index contributed by atoms with van der Waals surface area (Å²) in [6.45, 7) is 2.18. The predicted octanol–water partition coefficient (Wildman–Crippen LogP) is 6.26. The van der Waals surface area contributed by atoms with Gasteiger partial charge in [0.25, 0.3) is 5.91 Å². The Morgan fingerprint density at radius 1 is 0.900 bits per heavy atom. The number of carbonyl (C=O) groups is 2. The van der Waals surface area contributed by atoms with Crippen LogP contribution in [0.15, 0.2) is 91.1 Å². The molecular formula is C31H28FN3O5. The van der Waals surface area contributed by atoms with E-state index in [9.17, 15) is 14.0 Å². The fraction of sp³-hybridized carbons (Fsp3) is 0.194. The Hall–Kier alpha value is -4.92. The number of carboxylic acid groups (broad SMARTS) is 1. The highest BCUT2D eigenvalue weighted by molar-refractivity contribution is 6.04. The number of anilines is 2. The van der Waals surface area contributed by atoms with Crippen LogP contribution in [-0.2, 0) is 0 Å². The molecule has 8 nitrogen and oxygen atoms in total. The van der Waals surface area contributed by atoms with Crippen LogP contribution >= 0.6 is 0 Å². The number of pyridine rings is 1. The number of rotatable bonds is 9. The first kappa shape index (κ1) is 26.7. The number of hydrogen-bond acceptors (Lipinski definition) is 6. The summed E-state index contributed by atoms with van der Waals surface area (Å²) in [4.78, 5) is 30.7. The minimum Gasteiger partial charge on any atom is -0.493 e. The second kappa shape index (κ2) is 12.3. The van der Waals surface area contributed by atoms with Crippen molar-refractivity contribution in [2.24, 2.45) is 5.92 Å². The van der Waals surface area contributed by atoms with Gasteiger partial charge in [0.05, 0.1) is 24.1 Å². The number of carboxylic acids is 1. The molecular weight excluding hydrogens is 513 g/mol. The van der Waals surface area contributed by atoms with Gasteiger partial charge in [-0.25, -0.2) is 14.2 Å². The highest BCUT2D eigenvalue weighted by Gasteiger charge is 2.21. The second-order valence-corrected chi connectivity index (χ2v) is 9.52. The number of aromatic carboxylic acids is 1. The van der Waals surface area contributed by atoms with Gasteiger partial charge in [0.1, 0.15) is 28.9 Å². The molecule has 2 N–H and O–H groups in total. The summed E-state index contributed by atoms with van der Waals surface area (Å²) in [6, 6.07) is 22.7. The van der Waals surface area contributed by atoms with E-state index < -0.39 is 5.97 Å². The summed E-state index contributed by atoms with van der Waals surface area (Å²) in [5, 5.41) is 12.0. The lowest BCUT2D eigenvalue weighted by atomic mass is 9.98. The van der Waals surface area contributed by atoms with E-state index in [1.807, 2.05) is 12.1 Å². The number of amides is 1. The Kier molecular flexibility index (Phi) is 8.20. The van der Waals surface area contributed by atoms with Crippen LogP contribution in [0.4, 0.5) is 15.9 Å². The van der Waals surface area contributed by atoms with Gasteiger partial charge < -0.3 is 24.8 Å². The summed E-state index contributed by atoms with van der Waals surface area (Å²) >= 11 is 0. The lowest BCUT2D eigenvalue weighted by Crippen LogP contribution is -2.36. The monoisotopic (exact) mass is 541 g/mol. The molecule has 0 aliphatic carbocycles. The van der Waals surface area contributed by atoms with Crippen molar-refractivity contribution in [3.63, 3.8) is 0 Å². The normalized spacial score (nSPS) is 13.5. The van der Waals surface area contributed by atoms with Gasteiger partial charge in [-0.15, -0.1) is 0 Å². The van der Waals surface area contributed by atoms with E-state index in [0.29, 0.717) is 41.0 Å². The van der Waals surface area contributed by atoms with E-state index in [4.69, 9.17) is 14.6 Å². The van der Waals surface area contributed by atoms with Crippen molar-refractivity contribution in [3.05, 3.63) is 108 Å². The second-order valence-electron chi connectivity index (χ2n) is 9.52. The zero-order valence-corrected chi connectivity index (χ0v) is 21.6. The number of piperidine rings is 1. The number of carbonyl (C=O) groups excluding carboxylic acids is 1. The summed E-state index contributed by atoms with van der Waals surface area (Å²) in [5.74, 6) is 1.09. The molecule has 1 amide bonds. The molecule has 40 heavy (non-hydrogen) atoms. The van der Waals surface area contributed by atoms with Crippen molar-refractivity contribution >= 4 is 23.4 Å². The van der Waals surface area contributed by atoms with Crippen LogP contribution in [-0.4, -0.2) is 41.7 Å². The number of ether oxygens (including phenoxy) is 2. The molecule has 1 aromatic heterocycles. The number of hydrogen-bond donors (Lipinski definition) is 2. The average Bonchev–Trinajstić information content (AvgIpc) is 2.98. The van der Waals surface area contributed by atoms with Gasteiger partial charge in [-0.2, -0.15) is 0 Å². The molecule has 1 fully saturated rings. The molecule has 5 rings (SSSR count). The smallest absolute Gasteiger partial charge is 0.335 e. The molecule has 0 saturated carbocycles. The standard InChI is InChI=1S/C31H28FN3O5/c32-24-7-10-26(11-8-24)40-28-6-1-3-22(17-28)30(36)34-25-9-12-29(33-19-25)35-15-13-21(14-16-35)20-39-27-5-2-4-23(18-27)31(37)38/h1-12,17-19,21H,13-16,20H2,(H,34,36)(H,37,38). The van der Waals surface area contributed by atoms with Crippen LogP contribution in [0.3, 0.4) is 0 Å². The fourth-order valence-corrected chi connectivity index (χ4v) is 4.45. The first-order chi connectivity index (χ1) is 19.4. The van der Waals surface area contributed by atoms with Crippen LogP contribution < -0.4 is 19.7 Å². The highest BCUT2D eigenvalue weighted by atomic mass is 19.1. The molecule has 204 valence electrons. The average molecular weight is 542 g/mol. The van der Waals surface area contributed by atoms with Gasteiger partial charge in [-0.1, -0.05) is 12.1 Å². The Morgan fingerprint density at radius 3 is 2.30 bits per heavy atom. The maximum atomic E-state index is 13.1. The third-order valence-corrected chi connectivity index (χ3v) is 6.66. The Labute approximate surface area is 231 Å². The molecule has 0 bridgehead atoms. The third-order valence-electron chi connectivity index (χ3n) is 6.66. The first-order valence-corrected chi connectivity index (χ1v) is 12.9. The van der Waals surface area contributed by atoms with Gasteiger partial charge >= 0.3 is 5.97 Å². The van der Waals surface area contributed by atoms with Crippen LogP contribution in [0, 0.1) is 11.7 Å². The zero-order chi connectivity index (χ0) is 27.9. The van der Waals surface area contributed by atoms with E-state index in [0.717, 1.165) is 31.7 Å². The molecule has 0 unspecified atom stereocenters. The number of nitrogens with zero attached hydrogens (tertiary/aromatic N) is 2. The summed E-state index contributed by atoms with van der Waals surface area (Å²) < 4.78 is 24.7. The lowest BCUT2D eigenvalue weighted by Gasteiger charge is -2.32. The Morgan fingerprint density at radius 2 is 1.60 bits per heavy atom. The third kappa shape index (κ3) is 6.93. The van der Waals surface area contributed by atoms with Crippen molar-refractivity contribution in [2.75, 3.05) is 29.9 Å². The van der Waals surface area contributed by atoms with E-state index in [2.05, 4.69) is 15.2 Å². The summed E-state index contributed by atoms with van der Waals surface area (Å²) in [7, 11) is 0. The molecule has 9 heteroatoms. The topological polar surface area (TPSA) is 101 Å². The molecule has 0 atom stereocenters. The van der Waals surface area contributed by atoms with Crippen LogP contribution in [0.25, 0.3) is 0 Å². The van der Waals surface area contributed by atoms with Gasteiger partial charge in [0.15, 0.2) is 0 Å². The molecule has 4 aromatic rings. The van der Waals surface area contributed by atoms with Gasteiger partial charge in [-0.05, 0) is 91.6 Å². The minimum absolute atomic E-state index is 0.211. The Bertz CT molecular complexity index is 1470. The summed E-state index contributed by atoms with van der Waals surface area (Å²) in [6.07, 6.45) is 3.49. The van der Waals surface area contributed by atoms with Gasteiger partial charge in [0, 0.05) is 18.7 Å². The van der Waals surface area contributed by atoms with Gasteiger partial charge in [0.2, 0.25) is 0 Å². The highest BCUT2D eigenvalue weighted by Crippen LogP contribution is 2.25. The SMILES string of the molecule is O=C(O)c1cccc(OCC2CCN(c3ccc(NC(=O)c4cccc(Oc5ccc(F)cc5)c4)cn3)CC2)c1. The number of nitrogens with one attached hydrogen (secondary N) is 1. The lowest BCUT2D eigenvalue weighted by molar-refractivity contribution is 0.0696. The first-order valence-electron chi connectivity index (χ1n) is 12.9. The molecule has 1 aliphatic rings. The predicted molar refractivity (Wildman–Crippen MR) is 149 cm³/mol. The quantitative estimate of drug-likeness (QED) is 0.258. The van der Waals surface area contributed by atoms with E-state index in [1.54, 1.807) is 54.7 Å². The van der Waals surface area contributed by atoms with Crippen molar-refractivity contribution in [1.82, 2.24) is 4.98 Å². The number of halogens is 1. The largest absolute Gasteiger partial charge is 0.493 e. The van der Waals surface area contributed by atoms with Crippen molar-refractivity contribution in [3.8, 4) is 17.2 Å². The van der Waals surface area contributed by atoms with Crippen molar-refractivity contribution < 1.29 is 28.6 Å². The molecule has 0 spiro atoms. The summed E-state index contributed by atoms with van der Waals surface area (Å²) in [5.41, 5.74) is 1.20. The fourth-order valence-electron chi connectivity index (χ4n) is 4.45. The van der Waals surface area contributed by atoms with E-state index in [1.165, 1.54) is 24.3 Å². The maximum Gasteiger partial charge on any atom is 0.335 e. The van der Waals surface area contributed by atoms with E-state index >= 15 is 0 Å². The van der Waals surface area contributed by atoms with E-state index in [-0.39, 0.29) is 17.3 Å². The van der Waals surface area contributed by atoms with Crippen LogP contribution in [0.1, 0.15) is 33.6 Å². The molecule has 1 saturated heterocycles. The number of benzene rings is 3.